The van der Waals surface area contributed by atoms with Gasteiger partial charge in [-0.1, -0.05) is 350 Å². The van der Waals surface area contributed by atoms with E-state index in [1.165, 1.54) is 212 Å². The fourth-order valence-electron chi connectivity index (χ4n) is 11.8. The van der Waals surface area contributed by atoms with Crippen LogP contribution in [0.1, 0.15) is 401 Å². The van der Waals surface area contributed by atoms with E-state index in [-0.39, 0.29) is 25.7 Å². The van der Waals surface area contributed by atoms with Crippen molar-refractivity contribution in [3.05, 3.63) is 0 Å². The van der Waals surface area contributed by atoms with E-state index in [1.807, 2.05) is 0 Å². The lowest BCUT2D eigenvalue weighted by molar-refractivity contribution is -0.161. The molecule has 0 bridgehead atoms. The van der Waals surface area contributed by atoms with Gasteiger partial charge in [0, 0.05) is 25.7 Å². The molecule has 0 saturated carbocycles. The summed E-state index contributed by atoms with van der Waals surface area (Å²) < 4.78 is 68.5. The normalized spacial score (nSPS) is 14.0. The Morgan fingerprint density at radius 1 is 0.281 bits per heavy atom. The molecular weight excluding hydrogens is 1260 g/mol. The number of hydrogen-bond acceptors (Lipinski definition) is 15. The summed E-state index contributed by atoms with van der Waals surface area (Å²) in [4.78, 5) is 72.7. The van der Waals surface area contributed by atoms with Crippen molar-refractivity contribution in [3.8, 4) is 0 Å². The van der Waals surface area contributed by atoms with Crippen LogP contribution in [0.25, 0.3) is 0 Å². The monoisotopic (exact) mass is 1410 g/mol. The van der Waals surface area contributed by atoms with Gasteiger partial charge in [0.15, 0.2) is 12.2 Å². The summed E-state index contributed by atoms with van der Waals surface area (Å²) >= 11 is 0. The van der Waals surface area contributed by atoms with E-state index in [2.05, 4.69) is 41.5 Å². The SMILES string of the molecule is CCCCCCCCCCCCCCCCCCCCCCCC(=O)O[C@H](COC(=O)CCCCCCCCCCCCCCC(C)C)COP(=O)(O)OC[C@@H](O)COP(=O)(O)OC[C@@H](COC(=O)CCCCCCCCCC)OC(=O)CCCCCCCCCCCC(C)C. The van der Waals surface area contributed by atoms with Crippen LogP contribution in [0.4, 0.5) is 0 Å². The molecular formula is C77H150O17P2. The van der Waals surface area contributed by atoms with E-state index in [9.17, 15) is 43.2 Å². The summed E-state index contributed by atoms with van der Waals surface area (Å²) in [7, 11) is -9.91. The van der Waals surface area contributed by atoms with Gasteiger partial charge in [-0.2, -0.15) is 0 Å². The number of unbranched alkanes of at least 4 members (excludes halogenated alkanes) is 46. The van der Waals surface area contributed by atoms with E-state index >= 15 is 0 Å². The van der Waals surface area contributed by atoms with Crippen molar-refractivity contribution in [2.75, 3.05) is 39.6 Å². The molecule has 570 valence electrons. The van der Waals surface area contributed by atoms with Crippen LogP contribution in [0.15, 0.2) is 0 Å². The maximum Gasteiger partial charge on any atom is 0.472 e. The van der Waals surface area contributed by atoms with Crippen molar-refractivity contribution in [3.63, 3.8) is 0 Å². The molecule has 96 heavy (non-hydrogen) atoms. The molecule has 0 aromatic heterocycles. The standard InChI is InChI=1S/C77H150O17P2/c1-7-9-11-13-15-17-18-19-20-21-22-23-24-25-26-27-32-37-43-49-55-61-76(81)93-73(66-88-75(80)60-54-48-42-36-31-29-28-30-34-39-45-51-57-69(3)4)68-92-96(85,86)90-64-71(78)63-89-95(83,84)91-67-72(65-87-74(79)59-53-47-41-16-14-12-10-8-2)94-77(82)62-56-50-44-38-33-35-40-46-52-58-70(5)6/h69-73,78H,7-68H2,1-6H3,(H,83,84)(H,85,86)/t71-,72+,73+/m0/s1. The molecule has 17 nitrogen and oxygen atoms in total. The van der Waals surface area contributed by atoms with Gasteiger partial charge >= 0.3 is 39.5 Å². The lowest BCUT2D eigenvalue weighted by atomic mass is 10.0. The van der Waals surface area contributed by atoms with Gasteiger partial charge in [0.05, 0.1) is 26.4 Å². The first kappa shape index (κ1) is 94.1. The van der Waals surface area contributed by atoms with Crippen molar-refractivity contribution in [2.24, 2.45) is 11.8 Å². The summed E-state index contributed by atoms with van der Waals surface area (Å²) in [6.45, 7) is 9.56. The van der Waals surface area contributed by atoms with Crippen molar-refractivity contribution in [1.82, 2.24) is 0 Å². The first-order valence-corrected chi connectivity index (χ1v) is 43.0. The van der Waals surface area contributed by atoms with Crippen LogP contribution >= 0.6 is 15.6 Å². The molecule has 0 fully saturated rings. The maximum atomic E-state index is 13.1. The third-order valence-electron chi connectivity index (χ3n) is 18.0. The first-order valence-electron chi connectivity index (χ1n) is 40.0. The molecule has 0 saturated heterocycles. The number of ether oxygens (including phenoxy) is 4. The Hall–Kier alpha value is -1.94. The highest BCUT2D eigenvalue weighted by Gasteiger charge is 2.30. The van der Waals surface area contributed by atoms with Crippen LogP contribution in [-0.4, -0.2) is 96.7 Å². The summed E-state index contributed by atoms with van der Waals surface area (Å²) in [5, 5.41) is 10.6. The van der Waals surface area contributed by atoms with Gasteiger partial charge in [-0.15, -0.1) is 0 Å². The van der Waals surface area contributed by atoms with Crippen LogP contribution in [0.5, 0.6) is 0 Å². The summed E-state index contributed by atoms with van der Waals surface area (Å²) in [5.41, 5.74) is 0. The molecule has 0 amide bonds. The molecule has 19 heteroatoms. The predicted molar refractivity (Wildman–Crippen MR) is 391 cm³/mol. The van der Waals surface area contributed by atoms with Crippen molar-refractivity contribution in [1.29, 1.82) is 0 Å². The van der Waals surface area contributed by atoms with Gasteiger partial charge in [0.25, 0.3) is 0 Å². The van der Waals surface area contributed by atoms with Gasteiger partial charge in [-0.25, -0.2) is 9.13 Å². The molecule has 0 radical (unpaired) electrons. The highest BCUT2D eigenvalue weighted by atomic mass is 31.2. The number of phosphoric ester groups is 2. The number of carbonyl (C=O) groups excluding carboxylic acids is 4. The second-order valence-electron chi connectivity index (χ2n) is 28.7. The van der Waals surface area contributed by atoms with Crippen molar-refractivity contribution < 1.29 is 80.2 Å². The Balaban J connectivity index is 5.18. The van der Waals surface area contributed by atoms with Crippen LogP contribution in [0.3, 0.4) is 0 Å². The molecule has 2 unspecified atom stereocenters. The number of aliphatic hydroxyl groups excluding tert-OH is 1. The number of hydrogen-bond donors (Lipinski definition) is 3. The van der Waals surface area contributed by atoms with Crippen LogP contribution in [-0.2, 0) is 65.4 Å². The second-order valence-corrected chi connectivity index (χ2v) is 31.6. The fraction of sp³-hybridized carbons (Fsp3) is 0.948. The minimum atomic E-state index is -4.96. The second kappa shape index (κ2) is 68.8. The number of aliphatic hydroxyl groups is 1. The molecule has 0 aliphatic heterocycles. The topological polar surface area (TPSA) is 237 Å². The lowest BCUT2D eigenvalue weighted by Crippen LogP contribution is -2.30. The number of carbonyl (C=O) groups is 4. The Morgan fingerprint density at radius 3 is 0.708 bits per heavy atom. The highest BCUT2D eigenvalue weighted by Crippen LogP contribution is 2.45. The molecule has 3 N–H and O–H groups in total. The van der Waals surface area contributed by atoms with Crippen molar-refractivity contribution in [2.45, 2.75) is 419 Å². The van der Waals surface area contributed by atoms with E-state index in [1.54, 1.807) is 0 Å². The van der Waals surface area contributed by atoms with E-state index in [0.717, 1.165) is 108 Å². The molecule has 0 rings (SSSR count). The third-order valence-corrected chi connectivity index (χ3v) is 19.9. The Labute approximate surface area is 588 Å². The third kappa shape index (κ3) is 70.5. The van der Waals surface area contributed by atoms with Crippen LogP contribution in [0, 0.1) is 11.8 Å². The summed E-state index contributed by atoms with van der Waals surface area (Å²) in [6, 6.07) is 0. The predicted octanol–water partition coefficient (Wildman–Crippen LogP) is 22.7. The zero-order valence-electron chi connectivity index (χ0n) is 62.7. The smallest absolute Gasteiger partial charge is 0.462 e. The summed E-state index contributed by atoms with van der Waals surface area (Å²) in [5.74, 6) is -0.600. The summed E-state index contributed by atoms with van der Waals surface area (Å²) in [6.07, 6.45) is 57.1. The average molecular weight is 1410 g/mol. The minimum absolute atomic E-state index is 0.105. The fourth-order valence-corrected chi connectivity index (χ4v) is 13.4. The quantitative estimate of drug-likeness (QED) is 0.0222. The van der Waals surface area contributed by atoms with E-state index in [4.69, 9.17) is 37.0 Å². The van der Waals surface area contributed by atoms with Crippen LogP contribution < -0.4 is 0 Å². The zero-order valence-corrected chi connectivity index (χ0v) is 64.5. The van der Waals surface area contributed by atoms with Crippen molar-refractivity contribution >= 4 is 39.5 Å². The van der Waals surface area contributed by atoms with Gasteiger partial charge in [-0.05, 0) is 37.5 Å². The van der Waals surface area contributed by atoms with E-state index in [0.29, 0.717) is 25.7 Å². The molecule has 0 aliphatic carbocycles. The maximum absolute atomic E-state index is 13.1. The number of rotatable bonds is 76. The average Bonchev–Trinajstić information content (AvgIpc) is 1.11. The Bertz CT molecular complexity index is 1860. The van der Waals surface area contributed by atoms with Crippen LogP contribution in [0.2, 0.25) is 0 Å². The largest absolute Gasteiger partial charge is 0.472 e. The van der Waals surface area contributed by atoms with Gasteiger partial charge < -0.3 is 33.8 Å². The Kier molecular flexibility index (Phi) is 67.4. The molecule has 5 atom stereocenters. The molecule has 0 spiro atoms. The Morgan fingerprint density at radius 2 is 0.479 bits per heavy atom. The lowest BCUT2D eigenvalue weighted by Gasteiger charge is -2.21. The van der Waals surface area contributed by atoms with E-state index < -0.39 is 97.5 Å². The number of esters is 4. The molecule has 0 aromatic rings. The first-order chi connectivity index (χ1) is 46.4. The zero-order chi connectivity index (χ0) is 70.7. The van der Waals surface area contributed by atoms with Gasteiger partial charge in [-0.3, -0.25) is 37.3 Å². The molecule has 0 heterocycles. The van der Waals surface area contributed by atoms with Gasteiger partial charge in [0.2, 0.25) is 0 Å². The highest BCUT2D eigenvalue weighted by molar-refractivity contribution is 7.47. The number of phosphoric acid groups is 2. The molecule has 0 aliphatic rings. The molecule has 0 aromatic carbocycles. The van der Waals surface area contributed by atoms with Gasteiger partial charge in [0.1, 0.15) is 19.3 Å². The minimum Gasteiger partial charge on any atom is -0.462 e.